The van der Waals surface area contributed by atoms with Crippen LogP contribution in [0.1, 0.15) is 17.2 Å². The number of ether oxygens (including phenoxy) is 1. The molecule has 1 rings (SSSR count). The number of halogens is 1. The van der Waals surface area contributed by atoms with Crippen LogP contribution in [-0.4, -0.2) is 26.8 Å². The Hall–Kier alpha value is -0.970. The molecular formula is C12H19FN2O. The highest BCUT2D eigenvalue weighted by Gasteiger charge is 2.09. The molecular weight excluding hydrogens is 207 g/mol. The van der Waals surface area contributed by atoms with Gasteiger partial charge in [0.25, 0.3) is 0 Å². The number of rotatable bonds is 6. The first kappa shape index (κ1) is 13.1. The van der Waals surface area contributed by atoms with Gasteiger partial charge < -0.3 is 15.8 Å². The van der Waals surface area contributed by atoms with Crippen LogP contribution in [0.15, 0.2) is 18.2 Å². The summed E-state index contributed by atoms with van der Waals surface area (Å²) in [7, 11) is 1.65. The highest BCUT2D eigenvalue weighted by atomic mass is 19.1. The van der Waals surface area contributed by atoms with Gasteiger partial charge in [-0.2, -0.15) is 0 Å². The average molecular weight is 226 g/mol. The van der Waals surface area contributed by atoms with Gasteiger partial charge in [0.1, 0.15) is 5.82 Å². The summed E-state index contributed by atoms with van der Waals surface area (Å²) >= 11 is 0. The molecule has 1 unspecified atom stereocenters. The molecule has 0 aliphatic carbocycles. The minimum atomic E-state index is -0.184. The quantitative estimate of drug-likeness (QED) is 0.720. The predicted octanol–water partition coefficient (Wildman–Crippen LogP) is 1.37. The van der Waals surface area contributed by atoms with Crippen molar-refractivity contribution in [3.63, 3.8) is 0 Å². The first-order valence-electron chi connectivity index (χ1n) is 5.37. The lowest BCUT2D eigenvalue weighted by molar-refractivity contribution is 0.196. The summed E-state index contributed by atoms with van der Waals surface area (Å²) in [5.41, 5.74) is 7.33. The van der Waals surface area contributed by atoms with Gasteiger partial charge in [-0.3, -0.25) is 0 Å². The van der Waals surface area contributed by atoms with Crippen LogP contribution >= 0.6 is 0 Å². The standard InChI is InChI=1S/C12H19FN2O/c1-9-7-10(3-4-11(9)13)12(8-14)15-5-6-16-2/h3-4,7,12,15H,5-6,8,14H2,1-2H3. The molecule has 90 valence electrons. The highest BCUT2D eigenvalue weighted by molar-refractivity contribution is 5.26. The fraction of sp³-hybridized carbons (Fsp3) is 0.500. The van der Waals surface area contributed by atoms with Crippen molar-refractivity contribution in [2.45, 2.75) is 13.0 Å². The van der Waals surface area contributed by atoms with E-state index in [4.69, 9.17) is 10.5 Å². The van der Waals surface area contributed by atoms with Crippen LogP contribution in [-0.2, 0) is 4.74 Å². The predicted molar refractivity (Wildman–Crippen MR) is 62.8 cm³/mol. The molecule has 0 aromatic heterocycles. The van der Waals surface area contributed by atoms with Crippen molar-refractivity contribution in [3.8, 4) is 0 Å². The summed E-state index contributed by atoms with van der Waals surface area (Å²) in [4.78, 5) is 0. The lowest BCUT2D eigenvalue weighted by Gasteiger charge is -2.17. The molecule has 1 aromatic rings. The molecule has 16 heavy (non-hydrogen) atoms. The molecule has 0 aliphatic heterocycles. The molecule has 0 radical (unpaired) electrons. The topological polar surface area (TPSA) is 47.3 Å². The maximum Gasteiger partial charge on any atom is 0.126 e. The van der Waals surface area contributed by atoms with Gasteiger partial charge in [-0.1, -0.05) is 12.1 Å². The summed E-state index contributed by atoms with van der Waals surface area (Å²) in [5.74, 6) is -0.184. The molecule has 3 nitrogen and oxygen atoms in total. The molecule has 0 aliphatic rings. The largest absolute Gasteiger partial charge is 0.383 e. The Labute approximate surface area is 95.8 Å². The number of nitrogens with one attached hydrogen (secondary N) is 1. The Morgan fingerprint density at radius 2 is 2.25 bits per heavy atom. The van der Waals surface area contributed by atoms with Crippen molar-refractivity contribution in [2.24, 2.45) is 5.73 Å². The van der Waals surface area contributed by atoms with Crippen molar-refractivity contribution >= 4 is 0 Å². The van der Waals surface area contributed by atoms with Gasteiger partial charge in [-0.15, -0.1) is 0 Å². The van der Waals surface area contributed by atoms with Gasteiger partial charge in [0.2, 0.25) is 0 Å². The highest BCUT2D eigenvalue weighted by Crippen LogP contribution is 2.15. The van der Waals surface area contributed by atoms with Crippen molar-refractivity contribution in [3.05, 3.63) is 35.1 Å². The lowest BCUT2D eigenvalue weighted by atomic mass is 10.0. The normalized spacial score (nSPS) is 12.8. The summed E-state index contributed by atoms with van der Waals surface area (Å²) in [6.07, 6.45) is 0. The van der Waals surface area contributed by atoms with Gasteiger partial charge in [-0.05, 0) is 24.1 Å². The first-order chi connectivity index (χ1) is 7.69. The summed E-state index contributed by atoms with van der Waals surface area (Å²) in [6, 6.07) is 5.12. The second kappa shape index (κ2) is 6.58. The Morgan fingerprint density at radius 3 is 2.81 bits per heavy atom. The third-order valence-electron chi connectivity index (χ3n) is 2.52. The van der Waals surface area contributed by atoms with Gasteiger partial charge in [0, 0.05) is 26.2 Å². The van der Waals surface area contributed by atoms with Crippen LogP contribution in [0.2, 0.25) is 0 Å². The molecule has 0 bridgehead atoms. The Kier molecular flexibility index (Phi) is 5.38. The molecule has 0 spiro atoms. The average Bonchev–Trinajstić information content (AvgIpc) is 2.29. The van der Waals surface area contributed by atoms with Gasteiger partial charge in [-0.25, -0.2) is 4.39 Å². The molecule has 3 N–H and O–H groups in total. The molecule has 1 aromatic carbocycles. The number of hydrogen-bond donors (Lipinski definition) is 2. The van der Waals surface area contributed by atoms with E-state index < -0.39 is 0 Å². The molecule has 0 heterocycles. The summed E-state index contributed by atoms with van der Waals surface area (Å²) < 4.78 is 18.1. The van der Waals surface area contributed by atoms with E-state index in [1.54, 1.807) is 20.1 Å². The van der Waals surface area contributed by atoms with Gasteiger partial charge in [0.15, 0.2) is 0 Å². The van der Waals surface area contributed by atoms with Crippen molar-refractivity contribution in [1.29, 1.82) is 0 Å². The SMILES string of the molecule is COCCNC(CN)c1ccc(F)c(C)c1. The van der Waals surface area contributed by atoms with Gasteiger partial charge >= 0.3 is 0 Å². The number of aryl methyl sites for hydroxylation is 1. The maximum absolute atomic E-state index is 13.1. The van der Waals surface area contributed by atoms with E-state index in [-0.39, 0.29) is 11.9 Å². The van der Waals surface area contributed by atoms with Crippen LogP contribution in [0, 0.1) is 12.7 Å². The van der Waals surface area contributed by atoms with Crippen LogP contribution in [0.5, 0.6) is 0 Å². The smallest absolute Gasteiger partial charge is 0.126 e. The van der Waals surface area contributed by atoms with E-state index in [1.807, 2.05) is 6.07 Å². The summed E-state index contributed by atoms with van der Waals surface area (Å²) in [5, 5.41) is 3.26. The van der Waals surface area contributed by atoms with E-state index in [9.17, 15) is 4.39 Å². The molecule has 0 fully saturated rings. The van der Waals surface area contributed by atoms with E-state index >= 15 is 0 Å². The van der Waals surface area contributed by atoms with E-state index in [0.29, 0.717) is 18.7 Å². The third kappa shape index (κ3) is 3.56. The minimum Gasteiger partial charge on any atom is -0.383 e. The zero-order valence-electron chi connectivity index (χ0n) is 9.79. The molecule has 4 heteroatoms. The zero-order valence-corrected chi connectivity index (χ0v) is 9.79. The number of nitrogens with two attached hydrogens (primary N) is 1. The lowest BCUT2D eigenvalue weighted by Crippen LogP contribution is -2.30. The maximum atomic E-state index is 13.1. The second-order valence-electron chi connectivity index (χ2n) is 3.74. The Balaban J connectivity index is 2.67. The fourth-order valence-electron chi connectivity index (χ4n) is 1.56. The number of hydrogen-bond acceptors (Lipinski definition) is 3. The van der Waals surface area contributed by atoms with Crippen molar-refractivity contribution < 1.29 is 9.13 Å². The van der Waals surface area contributed by atoms with E-state index in [0.717, 1.165) is 12.1 Å². The van der Waals surface area contributed by atoms with Crippen LogP contribution in [0.3, 0.4) is 0 Å². The van der Waals surface area contributed by atoms with Crippen molar-refractivity contribution in [2.75, 3.05) is 26.8 Å². The summed E-state index contributed by atoms with van der Waals surface area (Å²) in [6.45, 7) is 3.60. The third-order valence-corrected chi connectivity index (χ3v) is 2.52. The van der Waals surface area contributed by atoms with Crippen LogP contribution in [0.25, 0.3) is 0 Å². The Morgan fingerprint density at radius 1 is 1.50 bits per heavy atom. The second-order valence-corrected chi connectivity index (χ2v) is 3.74. The van der Waals surface area contributed by atoms with E-state index in [2.05, 4.69) is 5.32 Å². The molecule has 0 saturated heterocycles. The van der Waals surface area contributed by atoms with Crippen LogP contribution in [0.4, 0.5) is 4.39 Å². The Bertz CT molecular complexity index is 331. The molecule has 1 atom stereocenters. The number of benzene rings is 1. The van der Waals surface area contributed by atoms with Crippen LogP contribution < -0.4 is 11.1 Å². The minimum absolute atomic E-state index is 0.0504. The first-order valence-corrected chi connectivity index (χ1v) is 5.37. The monoisotopic (exact) mass is 226 g/mol. The van der Waals surface area contributed by atoms with E-state index in [1.165, 1.54) is 6.07 Å². The number of methoxy groups -OCH3 is 1. The zero-order chi connectivity index (χ0) is 12.0. The van der Waals surface area contributed by atoms with Crippen molar-refractivity contribution in [1.82, 2.24) is 5.32 Å². The van der Waals surface area contributed by atoms with Gasteiger partial charge in [0.05, 0.1) is 6.61 Å². The fourth-order valence-corrected chi connectivity index (χ4v) is 1.56. The molecule has 0 amide bonds. The molecule has 0 saturated carbocycles.